The molecule has 1 aliphatic rings. The minimum Gasteiger partial charge on any atom is -0.491 e. The van der Waals surface area contributed by atoms with E-state index in [1.807, 2.05) is 18.2 Å². The largest absolute Gasteiger partial charge is 0.491 e. The van der Waals surface area contributed by atoms with Gasteiger partial charge in [-0.25, -0.2) is 0 Å². The molecule has 2 atom stereocenters. The molecular weight excluding hydrogens is 233 g/mol. The predicted molar refractivity (Wildman–Crippen MR) is 69.3 cm³/mol. The molecule has 1 unspecified atom stereocenters. The summed E-state index contributed by atoms with van der Waals surface area (Å²) >= 11 is 0. The maximum Gasteiger partial charge on any atom is 0.313 e. The third-order valence-electron chi connectivity index (χ3n) is 3.09. The molecule has 0 radical (unpaired) electrons. The van der Waals surface area contributed by atoms with Gasteiger partial charge in [0.25, 0.3) is 0 Å². The van der Waals surface area contributed by atoms with Crippen molar-refractivity contribution in [3.63, 3.8) is 0 Å². The zero-order chi connectivity index (χ0) is 13.0. The van der Waals surface area contributed by atoms with Crippen molar-refractivity contribution < 1.29 is 19.6 Å². The van der Waals surface area contributed by atoms with Gasteiger partial charge in [0, 0.05) is 13.2 Å². The molecular formula is C12H18BNO4. The molecule has 98 valence electrons. The zero-order valence-corrected chi connectivity index (χ0v) is 10.2. The number of nitrogens with two attached hydrogens (primary N) is 1. The highest BCUT2D eigenvalue weighted by atomic mass is 16.5. The lowest BCUT2D eigenvalue weighted by molar-refractivity contribution is 0.113. The van der Waals surface area contributed by atoms with Crippen molar-refractivity contribution in [2.45, 2.75) is 18.6 Å². The average Bonchev–Trinajstić information content (AvgIpc) is 2.61. The van der Waals surface area contributed by atoms with Crippen LogP contribution in [-0.2, 0) is 4.65 Å². The van der Waals surface area contributed by atoms with Gasteiger partial charge < -0.3 is 25.3 Å². The van der Waals surface area contributed by atoms with Crippen molar-refractivity contribution in [2.75, 3.05) is 19.8 Å². The Balaban J connectivity index is 2.21. The molecule has 5 nitrogen and oxygen atoms in total. The Morgan fingerprint density at radius 3 is 3.06 bits per heavy atom. The van der Waals surface area contributed by atoms with Crippen LogP contribution in [0.2, 0.25) is 0 Å². The van der Waals surface area contributed by atoms with Gasteiger partial charge in [0.2, 0.25) is 0 Å². The van der Waals surface area contributed by atoms with E-state index in [0.717, 1.165) is 16.8 Å². The van der Waals surface area contributed by atoms with E-state index in [4.69, 9.17) is 20.2 Å². The Hall–Kier alpha value is -1.08. The molecule has 6 heteroatoms. The molecule has 4 N–H and O–H groups in total. The molecule has 0 saturated carbocycles. The van der Waals surface area contributed by atoms with Crippen LogP contribution in [0.4, 0.5) is 0 Å². The third-order valence-corrected chi connectivity index (χ3v) is 3.09. The molecule has 1 heterocycles. The van der Waals surface area contributed by atoms with Crippen molar-refractivity contribution in [3.05, 3.63) is 23.8 Å². The van der Waals surface area contributed by atoms with Gasteiger partial charge in [-0.1, -0.05) is 12.1 Å². The maximum atomic E-state index is 9.87. The van der Waals surface area contributed by atoms with Crippen LogP contribution in [-0.4, -0.2) is 43.6 Å². The lowest BCUT2D eigenvalue weighted by Gasteiger charge is -2.14. The van der Waals surface area contributed by atoms with Crippen LogP contribution in [0, 0.1) is 0 Å². The lowest BCUT2D eigenvalue weighted by atomic mass is 9.81. The molecule has 2 rings (SSSR count). The van der Waals surface area contributed by atoms with E-state index in [2.05, 4.69) is 0 Å². The quantitative estimate of drug-likeness (QED) is 0.586. The van der Waals surface area contributed by atoms with Crippen LogP contribution >= 0.6 is 0 Å². The van der Waals surface area contributed by atoms with E-state index in [9.17, 15) is 5.11 Å². The van der Waals surface area contributed by atoms with E-state index >= 15 is 0 Å². The molecule has 1 aromatic carbocycles. The van der Waals surface area contributed by atoms with Crippen LogP contribution in [0.1, 0.15) is 18.1 Å². The van der Waals surface area contributed by atoms with Crippen molar-refractivity contribution in [2.24, 2.45) is 5.73 Å². The van der Waals surface area contributed by atoms with Crippen LogP contribution in [0.25, 0.3) is 0 Å². The number of aliphatic hydroxyl groups is 2. The summed E-state index contributed by atoms with van der Waals surface area (Å²) in [6.45, 7) is 0.648. The Kier molecular flexibility index (Phi) is 4.60. The molecule has 0 aliphatic carbocycles. The van der Waals surface area contributed by atoms with Crippen LogP contribution in [0.3, 0.4) is 0 Å². The molecule has 1 aliphatic heterocycles. The third kappa shape index (κ3) is 2.84. The number of fused-ring (bicyclic) bond motifs is 1. The van der Waals surface area contributed by atoms with Gasteiger partial charge in [0.05, 0.1) is 12.2 Å². The molecule has 1 aromatic rings. The number of hydrogen-bond donors (Lipinski definition) is 3. The van der Waals surface area contributed by atoms with E-state index in [1.165, 1.54) is 0 Å². The van der Waals surface area contributed by atoms with Gasteiger partial charge >= 0.3 is 7.48 Å². The van der Waals surface area contributed by atoms with Gasteiger partial charge in [0.15, 0.2) is 0 Å². The second kappa shape index (κ2) is 6.20. The number of ether oxygens (including phenoxy) is 1. The Bertz CT molecular complexity index is 402. The molecule has 0 aromatic heterocycles. The fourth-order valence-electron chi connectivity index (χ4n) is 2.05. The van der Waals surface area contributed by atoms with E-state index < -0.39 is 6.10 Å². The zero-order valence-electron chi connectivity index (χ0n) is 10.2. The SMILES string of the molecule is NC[C@@H](O)c1cccc2c1BOC(CCO)CO2. The molecule has 18 heavy (non-hydrogen) atoms. The topological polar surface area (TPSA) is 84.9 Å². The second-order valence-electron chi connectivity index (χ2n) is 4.33. The lowest BCUT2D eigenvalue weighted by Crippen LogP contribution is -2.28. The van der Waals surface area contributed by atoms with Crippen LogP contribution < -0.4 is 15.9 Å². The normalized spacial score (nSPS) is 20.3. The average molecular weight is 251 g/mol. The highest BCUT2D eigenvalue weighted by molar-refractivity contribution is 6.49. The molecule has 0 saturated heterocycles. The monoisotopic (exact) mass is 251 g/mol. The van der Waals surface area contributed by atoms with Crippen molar-refractivity contribution >= 4 is 12.9 Å². The van der Waals surface area contributed by atoms with Crippen LogP contribution in [0.15, 0.2) is 18.2 Å². The van der Waals surface area contributed by atoms with Gasteiger partial charge in [-0.3, -0.25) is 0 Å². The molecule has 0 amide bonds. The first-order chi connectivity index (χ1) is 8.76. The van der Waals surface area contributed by atoms with Gasteiger partial charge in [-0.2, -0.15) is 0 Å². The minimum atomic E-state index is -0.707. The number of benzene rings is 1. The van der Waals surface area contributed by atoms with E-state index in [0.29, 0.717) is 20.5 Å². The number of aliphatic hydroxyl groups excluding tert-OH is 2. The van der Waals surface area contributed by atoms with Crippen molar-refractivity contribution in [3.8, 4) is 5.75 Å². The van der Waals surface area contributed by atoms with Crippen molar-refractivity contribution in [1.29, 1.82) is 0 Å². The maximum absolute atomic E-state index is 9.87. The highest BCUT2D eigenvalue weighted by Crippen LogP contribution is 2.19. The Morgan fingerprint density at radius 1 is 1.50 bits per heavy atom. The standard InChI is InChI=1S/C12H18BNO4/c14-6-10(16)9-2-1-3-11-12(9)13-18-8(4-5-15)7-17-11/h1-3,8,10,13,15-16H,4-7,14H2/t8?,10-/m1/s1. The smallest absolute Gasteiger partial charge is 0.313 e. The first kappa shape index (κ1) is 13.4. The summed E-state index contributed by atoms with van der Waals surface area (Å²) in [5.41, 5.74) is 7.08. The molecule has 0 bridgehead atoms. The summed E-state index contributed by atoms with van der Waals surface area (Å²) in [6, 6.07) is 5.52. The van der Waals surface area contributed by atoms with Gasteiger partial charge in [0.1, 0.15) is 12.4 Å². The van der Waals surface area contributed by atoms with Crippen molar-refractivity contribution in [1.82, 2.24) is 0 Å². The fraction of sp³-hybridized carbons (Fsp3) is 0.500. The summed E-state index contributed by atoms with van der Waals surface area (Å²) in [7, 11) is 0.368. The molecule has 0 spiro atoms. The Morgan fingerprint density at radius 2 is 2.33 bits per heavy atom. The predicted octanol–water partition coefficient (Wildman–Crippen LogP) is -1.18. The second-order valence-corrected chi connectivity index (χ2v) is 4.33. The summed E-state index contributed by atoms with van der Waals surface area (Å²) in [5.74, 6) is 0.723. The summed E-state index contributed by atoms with van der Waals surface area (Å²) < 4.78 is 11.3. The first-order valence-corrected chi connectivity index (χ1v) is 6.11. The van der Waals surface area contributed by atoms with E-state index in [1.54, 1.807) is 0 Å². The highest BCUT2D eigenvalue weighted by Gasteiger charge is 2.22. The number of hydrogen-bond acceptors (Lipinski definition) is 5. The van der Waals surface area contributed by atoms with Gasteiger partial charge in [-0.05, 0) is 23.5 Å². The number of rotatable bonds is 4. The van der Waals surface area contributed by atoms with Gasteiger partial charge in [-0.15, -0.1) is 0 Å². The summed E-state index contributed by atoms with van der Waals surface area (Å²) in [5, 5.41) is 18.8. The summed E-state index contributed by atoms with van der Waals surface area (Å²) in [4.78, 5) is 0. The van der Waals surface area contributed by atoms with Crippen LogP contribution in [0.5, 0.6) is 5.75 Å². The van der Waals surface area contributed by atoms with E-state index in [-0.39, 0.29) is 19.3 Å². The minimum absolute atomic E-state index is 0.0721. The fourth-order valence-corrected chi connectivity index (χ4v) is 2.05. The first-order valence-electron chi connectivity index (χ1n) is 6.11. The summed E-state index contributed by atoms with van der Waals surface area (Å²) in [6.07, 6.45) is -0.283. The molecule has 0 fully saturated rings. The Labute approximate surface area is 107 Å².